The number of ether oxygens (including phenoxy) is 2. The highest BCUT2D eigenvalue weighted by Crippen LogP contribution is 2.11. The van der Waals surface area contributed by atoms with Crippen molar-refractivity contribution >= 4 is 17.3 Å². The molecular weight excluding hydrogens is 240 g/mol. The SMILES string of the molecule is COCCOCCCCNc1ccnc(Cl)c1. The molecule has 1 aromatic heterocycles. The topological polar surface area (TPSA) is 43.4 Å². The van der Waals surface area contributed by atoms with Crippen molar-refractivity contribution in [2.75, 3.05) is 38.8 Å². The molecule has 0 fully saturated rings. The van der Waals surface area contributed by atoms with Gasteiger partial charge < -0.3 is 14.8 Å². The molecule has 1 N–H and O–H groups in total. The second kappa shape index (κ2) is 9.22. The average Bonchev–Trinajstić information content (AvgIpc) is 2.33. The fourth-order valence-corrected chi connectivity index (χ4v) is 1.49. The summed E-state index contributed by atoms with van der Waals surface area (Å²) in [6.45, 7) is 3.02. The minimum atomic E-state index is 0.512. The fourth-order valence-electron chi connectivity index (χ4n) is 1.32. The molecule has 0 bridgehead atoms. The predicted octanol–water partition coefficient (Wildman–Crippen LogP) is 2.59. The normalized spacial score (nSPS) is 10.5. The van der Waals surface area contributed by atoms with E-state index in [1.54, 1.807) is 13.3 Å². The van der Waals surface area contributed by atoms with Crippen molar-refractivity contribution in [1.82, 2.24) is 4.98 Å². The Balaban J connectivity index is 1.97. The lowest BCUT2D eigenvalue weighted by atomic mass is 10.3. The summed E-state index contributed by atoms with van der Waals surface area (Å²) in [5, 5.41) is 3.79. The predicted molar refractivity (Wildman–Crippen MR) is 69.7 cm³/mol. The van der Waals surface area contributed by atoms with Gasteiger partial charge in [-0.15, -0.1) is 0 Å². The highest BCUT2D eigenvalue weighted by molar-refractivity contribution is 6.29. The first-order valence-electron chi connectivity index (χ1n) is 5.75. The third-order valence-corrected chi connectivity index (χ3v) is 2.41. The summed E-state index contributed by atoms with van der Waals surface area (Å²) >= 11 is 5.77. The molecule has 0 saturated carbocycles. The molecule has 1 heterocycles. The minimum Gasteiger partial charge on any atom is -0.385 e. The van der Waals surface area contributed by atoms with Crippen LogP contribution in [-0.4, -0.2) is 38.5 Å². The molecule has 0 amide bonds. The van der Waals surface area contributed by atoms with Crippen molar-refractivity contribution < 1.29 is 9.47 Å². The Morgan fingerprint density at radius 3 is 2.94 bits per heavy atom. The van der Waals surface area contributed by atoms with E-state index in [1.807, 2.05) is 12.1 Å². The zero-order chi connectivity index (χ0) is 12.3. The van der Waals surface area contributed by atoms with E-state index in [0.717, 1.165) is 31.7 Å². The first-order chi connectivity index (χ1) is 8.33. The summed E-state index contributed by atoms with van der Waals surface area (Å²) in [5.74, 6) is 0. The Morgan fingerprint density at radius 2 is 2.18 bits per heavy atom. The third kappa shape index (κ3) is 7.15. The molecule has 0 aliphatic carbocycles. The zero-order valence-electron chi connectivity index (χ0n) is 10.1. The molecule has 0 saturated heterocycles. The summed E-state index contributed by atoms with van der Waals surface area (Å²) in [7, 11) is 1.67. The molecule has 0 radical (unpaired) electrons. The molecule has 0 aromatic carbocycles. The molecule has 5 heteroatoms. The Morgan fingerprint density at radius 1 is 1.29 bits per heavy atom. The Bertz CT molecular complexity index is 310. The summed E-state index contributed by atoms with van der Waals surface area (Å²) in [6.07, 6.45) is 3.79. The standard InChI is InChI=1S/C12H19ClN2O2/c1-16-8-9-17-7-3-2-5-14-11-4-6-15-12(13)10-11/h4,6,10H,2-3,5,7-9H2,1H3,(H,14,15). The van der Waals surface area contributed by atoms with Crippen LogP contribution in [0.5, 0.6) is 0 Å². The molecule has 0 spiro atoms. The van der Waals surface area contributed by atoms with E-state index in [2.05, 4.69) is 10.3 Å². The number of aromatic nitrogens is 1. The maximum atomic E-state index is 5.77. The first kappa shape index (κ1) is 14.2. The summed E-state index contributed by atoms with van der Waals surface area (Å²) in [4.78, 5) is 3.92. The molecule has 96 valence electrons. The van der Waals surface area contributed by atoms with Crippen LogP contribution in [0.25, 0.3) is 0 Å². The van der Waals surface area contributed by atoms with Crippen LogP contribution in [0.1, 0.15) is 12.8 Å². The third-order valence-electron chi connectivity index (χ3n) is 2.20. The Hall–Kier alpha value is -0.840. The fraction of sp³-hybridized carbons (Fsp3) is 0.583. The molecule has 4 nitrogen and oxygen atoms in total. The largest absolute Gasteiger partial charge is 0.385 e. The zero-order valence-corrected chi connectivity index (χ0v) is 10.9. The van der Waals surface area contributed by atoms with E-state index < -0.39 is 0 Å². The summed E-state index contributed by atoms with van der Waals surface area (Å²) < 4.78 is 10.2. The molecule has 0 unspecified atom stereocenters. The van der Waals surface area contributed by atoms with Gasteiger partial charge in [0.1, 0.15) is 5.15 Å². The molecule has 17 heavy (non-hydrogen) atoms. The number of hydrogen-bond donors (Lipinski definition) is 1. The van der Waals surface area contributed by atoms with Crippen molar-refractivity contribution in [2.24, 2.45) is 0 Å². The van der Waals surface area contributed by atoms with Crippen LogP contribution in [0.3, 0.4) is 0 Å². The van der Waals surface area contributed by atoms with Crippen LogP contribution in [0.4, 0.5) is 5.69 Å². The average molecular weight is 259 g/mol. The quantitative estimate of drug-likeness (QED) is 0.546. The van der Waals surface area contributed by atoms with Crippen molar-refractivity contribution in [3.63, 3.8) is 0 Å². The Labute approximate surface area is 107 Å². The molecule has 0 aliphatic heterocycles. The van der Waals surface area contributed by atoms with Gasteiger partial charge in [-0.3, -0.25) is 0 Å². The number of halogens is 1. The summed E-state index contributed by atoms with van der Waals surface area (Å²) in [5.41, 5.74) is 1.00. The highest BCUT2D eigenvalue weighted by atomic mass is 35.5. The lowest BCUT2D eigenvalue weighted by Crippen LogP contribution is -2.06. The van der Waals surface area contributed by atoms with Gasteiger partial charge in [0.05, 0.1) is 13.2 Å². The van der Waals surface area contributed by atoms with Crippen LogP contribution in [-0.2, 0) is 9.47 Å². The molecule has 0 aliphatic rings. The van der Waals surface area contributed by atoms with Gasteiger partial charge in [-0.1, -0.05) is 11.6 Å². The maximum Gasteiger partial charge on any atom is 0.131 e. The van der Waals surface area contributed by atoms with E-state index in [0.29, 0.717) is 18.4 Å². The number of nitrogens with zero attached hydrogens (tertiary/aromatic N) is 1. The van der Waals surface area contributed by atoms with Gasteiger partial charge in [0, 0.05) is 32.1 Å². The van der Waals surface area contributed by atoms with Gasteiger partial charge in [0.2, 0.25) is 0 Å². The number of pyridine rings is 1. The monoisotopic (exact) mass is 258 g/mol. The van der Waals surface area contributed by atoms with Crippen LogP contribution in [0.15, 0.2) is 18.3 Å². The smallest absolute Gasteiger partial charge is 0.131 e. The van der Waals surface area contributed by atoms with Crippen molar-refractivity contribution in [1.29, 1.82) is 0 Å². The van der Waals surface area contributed by atoms with Crippen LogP contribution in [0.2, 0.25) is 5.15 Å². The van der Waals surface area contributed by atoms with Gasteiger partial charge in [-0.25, -0.2) is 4.98 Å². The highest BCUT2D eigenvalue weighted by Gasteiger charge is 1.94. The molecule has 1 aromatic rings. The molecule has 1 rings (SSSR count). The lowest BCUT2D eigenvalue weighted by Gasteiger charge is -2.06. The van der Waals surface area contributed by atoms with Gasteiger partial charge in [-0.2, -0.15) is 0 Å². The van der Waals surface area contributed by atoms with Crippen molar-refractivity contribution in [3.05, 3.63) is 23.5 Å². The number of unbranched alkanes of at least 4 members (excludes halogenated alkanes) is 1. The number of anilines is 1. The van der Waals surface area contributed by atoms with Crippen molar-refractivity contribution in [2.45, 2.75) is 12.8 Å². The van der Waals surface area contributed by atoms with Crippen molar-refractivity contribution in [3.8, 4) is 0 Å². The summed E-state index contributed by atoms with van der Waals surface area (Å²) in [6, 6.07) is 3.72. The van der Waals surface area contributed by atoms with Gasteiger partial charge >= 0.3 is 0 Å². The number of hydrogen-bond acceptors (Lipinski definition) is 4. The van der Waals surface area contributed by atoms with E-state index in [1.165, 1.54) is 0 Å². The van der Waals surface area contributed by atoms with E-state index >= 15 is 0 Å². The van der Waals surface area contributed by atoms with Crippen LogP contribution < -0.4 is 5.32 Å². The minimum absolute atomic E-state index is 0.512. The molecular formula is C12H19ClN2O2. The van der Waals surface area contributed by atoms with Crippen LogP contribution in [0, 0.1) is 0 Å². The van der Waals surface area contributed by atoms with E-state index in [-0.39, 0.29) is 0 Å². The van der Waals surface area contributed by atoms with Crippen LogP contribution >= 0.6 is 11.6 Å². The van der Waals surface area contributed by atoms with Gasteiger partial charge in [0.15, 0.2) is 0 Å². The second-order valence-electron chi connectivity index (χ2n) is 3.61. The number of methoxy groups -OCH3 is 1. The lowest BCUT2D eigenvalue weighted by molar-refractivity contribution is 0.0691. The van der Waals surface area contributed by atoms with Gasteiger partial charge in [0.25, 0.3) is 0 Å². The van der Waals surface area contributed by atoms with Gasteiger partial charge in [-0.05, 0) is 25.0 Å². The van der Waals surface area contributed by atoms with E-state index in [9.17, 15) is 0 Å². The van der Waals surface area contributed by atoms with E-state index in [4.69, 9.17) is 21.1 Å². The number of rotatable bonds is 9. The first-order valence-corrected chi connectivity index (χ1v) is 6.13. The Kier molecular flexibility index (Phi) is 7.71. The molecule has 0 atom stereocenters. The maximum absolute atomic E-state index is 5.77. The number of nitrogens with one attached hydrogen (secondary N) is 1. The second-order valence-corrected chi connectivity index (χ2v) is 3.99.